The van der Waals surface area contributed by atoms with Crippen molar-refractivity contribution in [2.24, 2.45) is 0 Å². The van der Waals surface area contributed by atoms with Gasteiger partial charge in [-0.1, -0.05) is 23.8 Å². The van der Waals surface area contributed by atoms with E-state index >= 15 is 0 Å². The maximum atomic E-state index is 11.7. The van der Waals surface area contributed by atoms with Gasteiger partial charge in [-0.3, -0.25) is 14.9 Å². The molecule has 0 saturated heterocycles. The number of carbonyl (C=O) groups is 1. The quantitative estimate of drug-likeness (QED) is 0.386. The van der Waals surface area contributed by atoms with E-state index < -0.39 is 16.5 Å². The molecule has 7 heteroatoms. The van der Waals surface area contributed by atoms with Gasteiger partial charge >= 0.3 is 5.69 Å². The van der Waals surface area contributed by atoms with Crippen molar-refractivity contribution in [3.8, 4) is 0 Å². The van der Waals surface area contributed by atoms with Crippen molar-refractivity contribution in [3.05, 3.63) is 45.2 Å². The number of hydrogen-bond acceptors (Lipinski definition) is 4. The first kappa shape index (κ1) is 13.1. The summed E-state index contributed by atoms with van der Waals surface area (Å²) in [6.07, 6.45) is 1.24. The molecule has 1 aromatic rings. The van der Waals surface area contributed by atoms with Crippen molar-refractivity contribution in [2.75, 3.05) is 6.54 Å². The molecule has 0 spiro atoms. The van der Waals surface area contributed by atoms with Gasteiger partial charge in [-0.05, 0) is 13.0 Å². The minimum absolute atomic E-state index is 0.115. The highest BCUT2D eigenvalue weighted by Crippen LogP contribution is 2.25. The minimum atomic E-state index is -0.731. The Morgan fingerprint density at radius 3 is 2.88 bits per heavy atom. The van der Waals surface area contributed by atoms with Crippen LogP contribution >= 0.6 is 11.6 Å². The van der Waals surface area contributed by atoms with Gasteiger partial charge in [-0.15, -0.1) is 0 Å². The van der Waals surface area contributed by atoms with Gasteiger partial charge in [0.15, 0.2) is 0 Å². The molecule has 1 rings (SSSR count). The first-order chi connectivity index (χ1) is 7.93. The predicted octanol–water partition coefficient (Wildman–Crippen LogP) is 1.95. The molecule has 1 amide bonds. The molecule has 0 saturated carbocycles. The third-order valence-electron chi connectivity index (χ3n) is 1.86. The van der Waals surface area contributed by atoms with Gasteiger partial charge in [0.05, 0.1) is 4.92 Å². The van der Waals surface area contributed by atoms with Crippen LogP contribution in [0.25, 0.3) is 0 Å². The van der Waals surface area contributed by atoms with Crippen LogP contribution in [0.3, 0.4) is 0 Å². The van der Waals surface area contributed by atoms with Gasteiger partial charge in [0, 0.05) is 12.7 Å². The molecule has 0 bridgehead atoms. The third-order valence-corrected chi connectivity index (χ3v) is 2.13. The highest BCUT2D eigenvalue weighted by molar-refractivity contribution is 6.32. The summed E-state index contributed by atoms with van der Waals surface area (Å²) < 4.78 is 0. The fourth-order valence-electron chi connectivity index (χ4n) is 1.11. The second-order valence-corrected chi connectivity index (χ2v) is 3.75. The van der Waals surface area contributed by atoms with E-state index in [2.05, 4.69) is 16.9 Å². The molecule has 0 radical (unpaired) electrons. The summed E-state index contributed by atoms with van der Waals surface area (Å²) in [5, 5.41) is 13.0. The third kappa shape index (κ3) is 3.25. The van der Waals surface area contributed by atoms with Gasteiger partial charge < -0.3 is 5.32 Å². The number of amides is 1. The van der Waals surface area contributed by atoms with E-state index in [0.29, 0.717) is 0 Å². The molecule has 0 aromatic carbocycles. The zero-order chi connectivity index (χ0) is 13.0. The Morgan fingerprint density at radius 2 is 2.35 bits per heavy atom. The molecule has 0 aliphatic heterocycles. The van der Waals surface area contributed by atoms with Crippen LogP contribution in [0.2, 0.25) is 5.15 Å². The van der Waals surface area contributed by atoms with E-state index in [4.69, 9.17) is 11.6 Å². The van der Waals surface area contributed by atoms with Gasteiger partial charge in [-0.2, -0.15) is 0 Å². The lowest BCUT2D eigenvalue weighted by atomic mass is 10.2. The van der Waals surface area contributed by atoms with Crippen LogP contribution in [-0.4, -0.2) is 22.4 Å². The number of halogens is 1. The van der Waals surface area contributed by atoms with E-state index in [-0.39, 0.29) is 17.3 Å². The molecule has 6 nitrogen and oxygen atoms in total. The summed E-state index contributed by atoms with van der Waals surface area (Å²) in [6.45, 7) is 5.59. The number of nitro groups is 1. The van der Waals surface area contributed by atoms with E-state index in [1.165, 1.54) is 12.3 Å². The fourth-order valence-corrected chi connectivity index (χ4v) is 1.34. The molecule has 90 valence electrons. The van der Waals surface area contributed by atoms with Crippen molar-refractivity contribution >= 4 is 23.2 Å². The highest BCUT2D eigenvalue weighted by Gasteiger charge is 2.24. The van der Waals surface area contributed by atoms with Gasteiger partial charge in [0.1, 0.15) is 5.56 Å². The second kappa shape index (κ2) is 5.40. The Balaban J connectivity index is 3.05. The Hall–Kier alpha value is -1.95. The average molecular weight is 256 g/mol. The first-order valence-electron chi connectivity index (χ1n) is 4.65. The number of nitrogens with zero attached hydrogens (tertiary/aromatic N) is 2. The van der Waals surface area contributed by atoms with E-state index in [1.807, 2.05) is 0 Å². The molecule has 0 fully saturated rings. The predicted molar refractivity (Wildman–Crippen MR) is 63.0 cm³/mol. The topological polar surface area (TPSA) is 85.1 Å². The highest BCUT2D eigenvalue weighted by atomic mass is 35.5. The number of aromatic nitrogens is 1. The number of rotatable bonds is 4. The second-order valence-electron chi connectivity index (χ2n) is 3.39. The molecule has 1 aromatic heterocycles. The van der Waals surface area contributed by atoms with Crippen molar-refractivity contribution in [3.63, 3.8) is 0 Å². The summed E-state index contributed by atoms with van der Waals surface area (Å²) in [7, 11) is 0. The molecule has 0 atom stereocenters. The SMILES string of the molecule is C=C(C)CNC(=O)c1ccnc(Cl)c1[N+](=O)[O-]. The molecular formula is C10H10ClN3O3. The monoisotopic (exact) mass is 255 g/mol. The summed E-state index contributed by atoms with van der Waals surface area (Å²) in [5.74, 6) is -0.580. The molecule has 0 unspecified atom stereocenters. The van der Waals surface area contributed by atoms with Crippen LogP contribution in [0.1, 0.15) is 17.3 Å². The Bertz CT molecular complexity index is 488. The number of hydrogen-bond donors (Lipinski definition) is 1. The van der Waals surface area contributed by atoms with Gasteiger partial charge in [0.2, 0.25) is 5.15 Å². The fraction of sp³-hybridized carbons (Fsp3) is 0.200. The van der Waals surface area contributed by atoms with E-state index in [0.717, 1.165) is 5.57 Å². The number of pyridine rings is 1. The van der Waals surface area contributed by atoms with Crippen molar-refractivity contribution in [1.82, 2.24) is 10.3 Å². The van der Waals surface area contributed by atoms with Crippen molar-refractivity contribution in [2.45, 2.75) is 6.92 Å². The van der Waals surface area contributed by atoms with Crippen LogP contribution in [0.15, 0.2) is 24.4 Å². The van der Waals surface area contributed by atoms with Crippen molar-refractivity contribution < 1.29 is 9.72 Å². The minimum Gasteiger partial charge on any atom is -0.348 e. The van der Waals surface area contributed by atoms with Crippen LogP contribution in [0.5, 0.6) is 0 Å². The maximum absolute atomic E-state index is 11.7. The molecule has 0 aliphatic carbocycles. The lowest BCUT2D eigenvalue weighted by Crippen LogP contribution is -2.25. The van der Waals surface area contributed by atoms with Crippen LogP contribution in [-0.2, 0) is 0 Å². The zero-order valence-corrected chi connectivity index (χ0v) is 9.82. The largest absolute Gasteiger partial charge is 0.348 e. The summed E-state index contributed by atoms with van der Waals surface area (Å²) in [5.41, 5.74) is 0.130. The summed E-state index contributed by atoms with van der Waals surface area (Å²) >= 11 is 5.58. The normalized spacial score (nSPS) is 9.76. The van der Waals surface area contributed by atoms with Crippen molar-refractivity contribution in [1.29, 1.82) is 0 Å². The van der Waals surface area contributed by atoms with E-state index in [1.54, 1.807) is 6.92 Å². The lowest BCUT2D eigenvalue weighted by Gasteiger charge is -2.05. The Kier molecular flexibility index (Phi) is 4.17. The Morgan fingerprint density at radius 1 is 1.71 bits per heavy atom. The lowest BCUT2D eigenvalue weighted by molar-refractivity contribution is -0.385. The van der Waals surface area contributed by atoms with Crippen LogP contribution in [0, 0.1) is 10.1 Å². The molecule has 1 heterocycles. The molecule has 17 heavy (non-hydrogen) atoms. The molecule has 1 N–H and O–H groups in total. The van der Waals surface area contributed by atoms with Crippen LogP contribution in [0.4, 0.5) is 5.69 Å². The zero-order valence-electron chi connectivity index (χ0n) is 9.07. The number of carbonyl (C=O) groups excluding carboxylic acids is 1. The summed E-state index contributed by atoms with van der Waals surface area (Å²) in [4.78, 5) is 25.3. The maximum Gasteiger partial charge on any atom is 0.319 e. The number of nitrogens with one attached hydrogen (secondary N) is 1. The van der Waals surface area contributed by atoms with Gasteiger partial charge in [-0.25, -0.2) is 4.98 Å². The smallest absolute Gasteiger partial charge is 0.319 e. The standard InChI is InChI=1S/C10H10ClN3O3/c1-6(2)5-13-10(15)7-3-4-12-9(11)8(7)14(16)17/h3-4H,1,5H2,2H3,(H,13,15). The molecular weight excluding hydrogens is 246 g/mol. The summed E-state index contributed by atoms with van der Waals surface area (Å²) in [6, 6.07) is 1.25. The average Bonchev–Trinajstić information content (AvgIpc) is 2.24. The van der Waals surface area contributed by atoms with Gasteiger partial charge in [0.25, 0.3) is 5.91 Å². The Labute approximate surface area is 102 Å². The molecule has 0 aliphatic rings. The first-order valence-corrected chi connectivity index (χ1v) is 5.02. The van der Waals surface area contributed by atoms with Crippen LogP contribution < -0.4 is 5.32 Å². The van der Waals surface area contributed by atoms with E-state index in [9.17, 15) is 14.9 Å².